The average molecular weight is 742 g/mol. The SMILES string of the molecule is O=C1CCC(N2Cc3c(NC(=O)CCN4CC5CC4CN5c4ccc(NC(=O)c5cccc(-c6ccn[nH]6)n5)c(C(F)(F)F)c4)cccc3C2=O)C(=O)N1. The molecule has 0 saturated carbocycles. The van der Waals surface area contributed by atoms with E-state index in [1.54, 1.807) is 42.5 Å². The maximum Gasteiger partial charge on any atom is 0.418 e. The van der Waals surface area contributed by atoms with Crippen LogP contribution in [-0.2, 0) is 27.1 Å². The molecule has 14 nitrogen and oxygen atoms in total. The van der Waals surface area contributed by atoms with Gasteiger partial charge in [-0.3, -0.25) is 39.3 Å². The second-order valence-electron chi connectivity index (χ2n) is 13.8. The minimum atomic E-state index is -4.74. The van der Waals surface area contributed by atoms with Crippen LogP contribution in [0.4, 0.5) is 30.2 Å². The molecule has 5 amide bonds. The number of carbonyl (C=O) groups is 5. The van der Waals surface area contributed by atoms with Crippen molar-refractivity contribution in [3.63, 3.8) is 0 Å². The number of fused-ring (bicyclic) bond motifs is 3. The maximum absolute atomic E-state index is 14.3. The third-order valence-electron chi connectivity index (χ3n) is 10.5. The van der Waals surface area contributed by atoms with Crippen molar-refractivity contribution < 1.29 is 37.1 Å². The predicted molar refractivity (Wildman–Crippen MR) is 188 cm³/mol. The molecule has 4 aliphatic heterocycles. The molecule has 3 unspecified atom stereocenters. The molecule has 0 spiro atoms. The first-order valence-corrected chi connectivity index (χ1v) is 17.5. The standard InChI is InChI=1S/C37H34F3N9O5/c38-37(39,40)25-16-20(7-8-27(25)44-34(52)30-6-2-5-28(42-30)29-11-13-41-46-29)48-18-21-15-22(48)17-47(21)14-12-33(51)43-26-4-1-3-23-24(26)19-49(36(23)54)31-9-10-32(50)45-35(31)53/h1-8,11,13,16,21-22,31H,9-10,12,14-15,17-19H2,(H,41,46)(H,43,51)(H,44,52)(H,45,50,53). The largest absolute Gasteiger partial charge is 0.418 e. The number of piperidine rings is 1. The van der Waals surface area contributed by atoms with Crippen molar-refractivity contribution in [3.05, 3.63) is 89.2 Å². The number of amides is 5. The van der Waals surface area contributed by atoms with Gasteiger partial charge in [0.25, 0.3) is 11.8 Å². The molecule has 8 rings (SSSR count). The summed E-state index contributed by atoms with van der Waals surface area (Å²) >= 11 is 0. The molecule has 0 aliphatic carbocycles. The number of carbonyl (C=O) groups excluding carboxylic acids is 5. The smallest absolute Gasteiger partial charge is 0.366 e. The van der Waals surface area contributed by atoms with Crippen molar-refractivity contribution in [3.8, 4) is 11.4 Å². The normalized spacial score (nSPS) is 21.0. The van der Waals surface area contributed by atoms with Gasteiger partial charge in [-0.25, -0.2) is 4.98 Å². The van der Waals surface area contributed by atoms with Gasteiger partial charge >= 0.3 is 6.18 Å². The average Bonchev–Trinajstić information content (AvgIpc) is 3.97. The van der Waals surface area contributed by atoms with Gasteiger partial charge < -0.3 is 20.4 Å². The van der Waals surface area contributed by atoms with E-state index >= 15 is 0 Å². The number of benzene rings is 2. The first kappa shape index (κ1) is 35.0. The molecule has 2 bridgehead atoms. The van der Waals surface area contributed by atoms with Crippen molar-refractivity contribution >= 4 is 46.6 Å². The lowest BCUT2D eigenvalue weighted by atomic mass is 10.0. The van der Waals surface area contributed by atoms with Crippen LogP contribution in [0.2, 0.25) is 0 Å². The fourth-order valence-corrected chi connectivity index (χ4v) is 7.85. The number of nitrogens with one attached hydrogen (secondary N) is 4. The predicted octanol–water partition coefficient (Wildman–Crippen LogP) is 3.80. The highest BCUT2D eigenvalue weighted by molar-refractivity contribution is 6.07. The van der Waals surface area contributed by atoms with Crippen LogP contribution in [0.1, 0.15) is 57.7 Å². The second kappa shape index (κ2) is 13.7. The Hall–Kier alpha value is -6.10. The monoisotopic (exact) mass is 741 g/mol. The summed E-state index contributed by atoms with van der Waals surface area (Å²) in [5, 5.41) is 14.2. The van der Waals surface area contributed by atoms with E-state index in [0.717, 1.165) is 12.5 Å². The lowest BCUT2D eigenvalue weighted by Gasteiger charge is -2.36. The van der Waals surface area contributed by atoms with Gasteiger partial charge in [0.05, 0.1) is 22.6 Å². The van der Waals surface area contributed by atoms with Crippen molar-refractivity contribution in [1.82, 2.24) is 30.3 Å². The number of nitrogens with zero attached hydrogens (tertiary/aromatic N) is 5. The van der Waals surface area contributed by atoms with Crippen LogP contribution < -0.4 is 20.9 Å². The van der Waals surface area contributed by atoms with Gasteiger partial charge in [0.1, 0.15) is 11.7 Å². The Labute approximate surface area is 306 Å². The first-order chi connectivity index (χ1) is 25.9. The van der Waals surface area contributed by atoms with E-state index in [-0.39, 0.29) is 67.0 Å². The number of H-pyrrole nitrogens is 1. The zero-order valence-corrected chi connectivity index (χ0v) is 28.7. The van der Waals surface area contributed by atoms with Gasteiger partial charge in [-0.15, -0.1) is 0 Å². The van der Waals surface area contributed by atoms with Crippen molar-refractivity contribution in [2.24, 2.45) is 0 Å². The number of aromatic amines is 1. The number of piperazine rings is 1. The number of halogens is 3. The lowest BCUT2D eigenvalue weighted by Crippen LogP contribution is -2.52. The van der Waals surface area contributed by atoms with Crippen molar-refractivity contribution in [2.75, 3.05) is 35.2 Å². The molecule has 0 radical (unpaired) electrons. The van der Waals surface area contributed by atoms with E-state index in [4.69, 9.17) is 0 Å². The van der Waals surface area contributed by atoms with Crippen LogP contribution in [0, 0.1) is 0 Å². The third kappa shape index (κ3) is 6.66. The zero-order chi connectivity index (χ0) is 37.7. The van der Waals surface area contributed by atoms with E-state index in [1.807, 2.05) is 4.90 Å². The minimum absolute atomic E-state index is 0.0328. The molecule has 2 aromatic carbocycles. The molecule has 4 aliphatic rings. The first-order valence-electron chi connectivity index (χ1n) is 17.5. The molecule has 2 aromatic heterocycles. The lowest BCUT2D eigenvalue weighted by molar-refractivity contribution is -0.138. The summed E-state index contributed by atoms with van der Waals surface area (Å²) < 4.78 is 43.0. The van der Waals surface area contributed by atoms with Crippen LogP contribution >= 0.6 is 0 Å². The van der Waals surface area contributed by atoms with E-state index in [9.17, 15) is 37.1 Å². The van der Waals surface area contributed by atoms with Gasteiger partial charge in [0.15, 0.2) is 0 Å². The van der Waals surface area contributed by atoms with Crippen LogP contribution in [0.3, 0.4) is 0 Å². The molecule has 3 atom stereocenters. The van der Waals surface area contributed by atoms with Crippen LogP contribution in [-0.4, -0.2) is 92.3 Å². The Morgan fingerprint density at radius 2 is 1.76 bits per heavy atom. The van der Waals surface area contributed by atoms with Gasteiger partial charge in [-0.05, 0) is 61.4 Å². The Balaban J connectivity index is 0.880. The second-order valence-corrected chi connectivity index (χ2v) is 13.8. The third-order valence-corrected chi connectivity index (χ3v) is 10.5. The molecule has 17 heteroatoms. The Morgan fingerprint density at radius 1 is 0.926 bits per heavy atom. The summed E-state index contributed by atoms with van der Waals surface area (Å²) in [6.45, 7) is 1.60. The number of imide groups is 1. The number of hydrogen-bond acceptors (Lipinski definition) is 9. The molecule has 3 saturated heterocycles. The topological polar surface area (TPSA) is 173 Å². The van der Waals surface area contributed by atoms with E-state index in [1.165, 1.54) is 23.2 Å². The number of hydrogen-bond donors (Lipinski definition) is 4. The van der Waals surface area contributed by atoms with Crippen molar-refractivity contribution in [1.29, 1.82) is 0 Å². The Bertz CT molecular complexity index is 2180. The molecule has 4 N–H and O–H groups in total. The number of likely N-dealkylation sites (tertiary alicyclic amines) is 1. The number of aromatic nitrogens is 3. The van der Waals surface area contributed by atoms with Crippen LogP contribution in [0.5, 0.6) is 0 Å². The summed E-state index contributed by atoms with van der Waals surface area (Å²) in [6, 6.07) is 14.4. The molecule has 3 fully saturated rings. The Kier molecular flexibility index (Phi) is 8.87. The molecular formula is C37H34F3N9O5. The fourth-order valence-electron chi connectivity index (χ4n) is 7.85. The van der Waals surface area contributed by atoms with Gasteiger partial charge in [0, 0.05) is 79.8 Å². The molecule has 278 valence electrons. The van der Waals surface area contributed by atoms with E-state index < -0.39 is 29.6 Å². The Morgan fingerprint density at radius 3 is 2.50 bits per heavy atom. The highest BCUT2D eigenvalue weighted by atomic mass is 19.4. The fraction of sp³-hybridized carbons (Fsp3) is 0.324. The molecular weight excluding hydrogens is 707 g/mol. The number of rotatable bonds is 9. The highest BCUT2D eigenvalue weighted by Gasteiger charge is 2.44. The number of alkyl halides is 3. The quantitative estimate of drug-likeness (QED) is 0.186. The zero-order valence-electron chi connectivity index (χ0n) is 28.7. The van der Waals surface area contributed by atoms with Crippen LogP contribution in [0.25, 0.3) is 11.4 Å². The van der Waals surface area contributed by atoms with Gasteiger partial charge in [0.2, 0.25) is 17.7 Å². The molecule has 6 heterocycles. The summed E-state index contributed by atoms with van der Waals surface area (Å²) in [4.78, 5) is 73.1. The number of pyridine rings is 1. The molecule has 4 aromatic rings. The maximum atomic E-state index is 14.3. The summed E-state index contributed by atoms with van der Waals surface area (Å²) in [6.07, 6.45) is -1.96. The molecule has 54 heavy (non-hydrogen) atoms. The summed E-state index contributed by atoms with van der Waals surface area (Å²) in [5.41, 5.74) is 1.46. The van der Waals surface area contributed by atoms with Crippen LogP contribution in [0.15, 0.2) is 66.9 Å². The van der Waals surface area contributed by atoms with Gasteiger partial charge in [-0.1, -0.05) is 12.1 Å². The van der Waals surface area contributed by atoms with E-state index in [2.05, 4.69) is 36.0 Å². The summed E-state index contributed by atoms with van der Waals surface area (Å²) in [7, 11) is 0. The highest BCUT2D eigenvalue weighted by Crippen LogP contribution is 2.41. The van der Waals surface area contributed by atoms with Gasteiger partial charge in [-0.2, -0.15) is 18.3 Å². The number of anilines is 3. The summed E-state index contributed by atoms with van der Waals surface area (Å²) in [5.74, 6) is -2.26. The van der Waals surface area contributed by atoms with E-state index in [0.29, 0.717) is 53.5 Å². The van der Waals surface area contributed by atoms with Crippen molar-refractivity contribution in [2.45, 2.75) is 56.5 Å². The minimum Gasteiger partial charge on any atom is -0.366 e.